The molecule has 0 spiro atoms. The lowest BCUT2D eigenvalue weighted by Gasteiger charge is -2.29. The molecule has 0 aromatic heterocycles. The van der Waals surface area contributed by atoms with Crippen molar-refractivity contribution in [3.63, 3.8) is 0 Å². The quantitative estimate of drug-likeness (QED) is 0.577. The minimum absolute atomic E-state index is 0.109. The van der Waals surface area contributed by atoms with Gasteiger partial charge >= 0.3 is 6.09 Å². The smallest absolute Gasteiger partial charge is 0.407 e. The highest BCUT2D eigenvalue weighted by atomic mass is 16.7. The summed E-state index contributed by atoms with van der Waals surface area (Å²) in [6.45, 7) is 6.01. The van der Waals surface area contributed by atoms with Gasteiger partial charge < -0.3 is 14.7 Å². The van der Waals surface area contributed by atoms with Gasteiger partial charge in [-0.1, -0.05) is 18.7 Å². The van der Waals surface area contributed by atoms with Gasteiger partial charge in [-0.2, -0.15) is 0 Å². The lowest BCUT2D eigenvalue weighted by molar-refractivity contribution is -0.0328. The molecule has 1 amide bonds. The van der Waals surface area contributed by atoms with E-state index in [-0.39, 0.29) is 6.10 Å². The van der Waals surface area contributed by atoms with Gasteiger partial charge in [0.2, 0.25) is 0 Å². The first-order valence-electron chi connectivity index (χ1n) is 9.42. The first-order chi connectivity index (χ1) is 12.6. The molecule has 2 aliphatic rings. The van der Waals surface area contributed by atoms with Crippen molar-refractivity contribution >= 4 is 11.8 Å². The highest BCUT2D eigenvalue weighted by Gasteiger charge is 2.22. The second-order valence-electron chi connectivity index (χ2n) is 6.96. The zero-order valence-corrected chi connectivity index (χ0v) is 15.2. The molecule has 6 nitrogen and oxygen atoms in total. The summed E-state index contributed by atoms with van der Waals surface area (Å²) in [6, 6.07) is 6.50. The zero-order valence-electron chi connectivity index (χ0n) is 15.2. The Kier molecular flexibility index (Phi) is 6.52. The number of aryl methyl sites for hydroxylation is 2. The molecule has 0 bridgehead atoms. The van der Waals surface area contributed by atoms with Gasteiger partial charge in [-0.3, -0.25) is 10.3 Å². The van der Waals surface area contributed by atoms with Gasteiger partial charge in [0.05, 0.1) is 25.0 Å². The summed E-state index contributed by atoms with van der Waals surface area (Å²) in [7, 11) is 0. The molecular formula is C20H28N2O4. The fourth-order valence-corrected chi connectivity index (χ4v) is 3.59. The number of nitrogens with zero attached hydrogens (tertiary/aromatic N) is 1. The van der Waals surface area contributed by atoms with E-state index in [0.29, 0.717) is 26.3 Å². The molecule has 1 fully saturated rings. The normalized spacial score (nSPS) is 17.6. The van der Waals surface area contributed by atoms with Crippen molar-refractivity contribution in [2.45, 2.75) is 44.6 Å². The van der Waals surface area contributed by atoms with E-state index in [0.717, 1.165) is 30.5 Å². The zero-order chi connectivity index (χ0) is 18.4. The third-order valence-electron chi connectivity index (χ3n) is 5.14. The Morgan fingerprint density at radius 3 is 2.65 bits per heavy atom. The lowest BCUT2D eigenvalue weighted by atomic mass is 9.90. The molecule has 1 aliphatic heterocycles. The van der Waals surface area contributed by atoms with Crippen LogP contribution in [0.1, 0.15) is 42.4 Å². The van der Waals surface area contributed by atoms with Crippen molar-refractivity contribution in [2.24, 2.45) is 0 Å². The van der Waals surface area contributed by atoms with Crippen LogP contribution < -0.4 is 5.48 Å². The van der Waals surface area contributed by atoms with E-state index >= 15 is 0 Å². The third kappa shape index (κ3) is 4.99. The standard InChI is InChI=1S/C20H28N2O4/c1-15(17-7-6-16-4-2-3-5-18(16)14-17)21-26-13-12-25-19-8-10-22(11-9-19)20(23)24/h6-7,14,19,21H,1-5,8-13H2,(H,23,24). The molecule has 6 heteroatoms. The highest BCUT2D eigenvalue weighted by molar-refractivity contribution is 5.65. The Labute approximate surface area is 154 Å². The van der Waals surface area contributed by atoms with Crippen molar-refractivity contribution in [1.82, 2.24) is 10.4 Å². The molecule has 0 unspecified atom stereocenters. The molecule has 1 aromatic rings. The van der Waals surface area contributed by atoms with Crippen LogP contribution in [-0.4, -0.2) is 48.5 Å². The maximum absolute atomic E-state index is 10.9. The summed E-state index contributed by atoms with van der Waals surface area (Å²) in [5.41, 5.74) is 7.60. The number of carboxylic acid groups (broad SMARTS) is 1. The topological polar surface area (TPSA) is 71.0 Å². The van der Waals surface area contributed by atoms with E-state index in [9.17, 15) is 4.79 Å². The van der Waals surface area contributed by atoms with Crippen LogP contribution in [-0.2, 0) is 22.4 Å². The number of rotatable bonds is 7. The monoisotopic (exact) mass is 360 g/mol. The fourth-order valence-electron chi connectivity index (χ4n) is 3.59. The molecule has 0 atom stereocenters. The number of nitrogens with one attached hydrogen (secondary N) is 1. The van der Waals surface area contributed by atoms with Crippen molar-refractivity contribution in [1.29, 1.82) is 0 Å². The molecule has 0 radical (unpaired) electrons. The van der Waals surface area contributed by atoms with Crippen LogP contribution in [0.4, 0.5) is 4.79 Å². The van der Waals surface area contributed by atoms with E-state index in [1.54, 1.807) is 0 Å². The number of hydrogen-bond acceptors (Lipinski definition) is 4. The summed E-state index contributed by atoms with van der Waals surface area (Å²) >= 11 is 0. The van der Waals surface area contributed by atoms with Crippen LogP contribution in [0.15, 0.2) is 24.8 Å². The Morgan fingerprint density at radius 1 is 1.19 bits per heavy atom. The SMILES string of the molecule is C=C(NOCCOC1CCN(C(=O)O)CC1)c1ccc2c(c1)CCCC2. The van der Waals surface area contributed by atoms with Gasteiger partial charge in [-0.25, -0.2) is 4.79 Å². The first-order valence-corrected chi connectivity index (χ1v) is 9.42. The van der Waals surface area contributed by atoms with Crippen LogP contribution in [0.2, 0.25) is 0 Å². The molecular weight excluding hydrogens is 332 g/mol. The lowest BCUT2D eigenvalue weighted by Crippen LogP contribution is -2.40. The average molecular weight is 360 g/mol. The van der Waals surface area contributed by atoms with Crippen LogP contribution in [0.5, 0.6) is 0 Å². The van der Waals surface area contributed by atoms with E-state index in [2.05, 4.69) is 30.3 Å². The van der Waals surface area contributed by atoms with Crippen LogP contribution >= 0.6 is 0 Å². The summed E-state index contributed by atoms with van der Waals surface area (Å²) in [4.78, 5) is 17.8. The van der Waals surface area contributed by atoms with Crippen molar-refractivity contribution in [3.8, 4) is 0 Å². The van der Waals surface area contributed by atoms with Crippen molar-refractivity contribution in [3.05, 3.63) is 41.5 Å². The van der Waals surface area contributed by atoms with Crippen LogP contribution in [0.25, 0.3) is 5.70 Å². The number of benzene rings is 1. The number of hydrogen-bond donors (Lipinski definition) is 2. The highest BCUT2D eigenvalue weighted by Crippen LogP contribution is 2.24. The maximum Gasteiger partial charge on any atom is 0.407 e. The summed E-state index contributed by atoms with van der Waals surface area (Å²) in [5, 5.41) is 8.93. The minimum Gasteiger partial charge on any atom is -0.465 e. The number of ether oxygens (including phenoxy) is 1. The van der Waals surface area contributed by atoms with E-state index in [1.165, 1.54) is 35.3 Å². The Morgan fingerprint density at radius 2 is 1.92 bits per heavy atom. The molecule has 1 aliphatic carbocycles. The number of likely N-dealkylation sites (tertiary alicyclic amines) is 1. The molecule has 1 heterocycles. The number of hydroxylamine groups is 1. The van der Waals surface area contributed by atoms with Crippen LogP contribution in [0, 0.1) is 0 Å². The molecule has 3 rings (SSSR count). The van der Waals surface area contributed by atoms with Gasteiger partial charge in [-0.05, 0) is 61.3 Å². The first kappa shape index (κ1) is 18.7. The average Bonchev–Trinajstić information content (AvgIpc) is 2.67. The van der Waals surface area contributed by atoms with E-state index in [4.69, 9.17) is 14.7 Å². The van der Waals surface area contributed by atoms with Crippen molar-refractivity contribution in [2.75, 3.05) is 26.3 Å². The predicted octanol–water partition coefficient (Wildman–Crippen LogP) is 3.22. The minimum atomic E-state index is -0.850. The third-order valence-corrected chi connectivity index (χ3v) is 5.14. The number of carbonyl (C=O) groups is 1. The predicted molar refractivity (Wildman–Crippen MR) is 99.8 cm³/mol. The molecule has 2 N–H and O–H groups in total. The number of fused-ring (bicyclic) bond motifs is 1. The van der Waals surface area contributed by atoms with Gasteiger partial charge in [0.1, 0.15) is 0 Å². The largest absolute Gasteiger partial charge is 0.465 e. The Bertz CT molecular complexity index is 639. The summed E-state index contributed by atoms with van der Waals surface area (Å²) in [6.07, 6.45) is 5.60. The van der Waals surface area contributed by atoms with E-state index in [1.807, 2.05) is 0 Å². The summed E-state index contributed by atoms with van der Waals surface area (Å²) in [5.74, 6) is 0. The van der Waals surface area contributed by atoms with Gasteiger partial charge in [0, 0.05) is 13.1 Å². The number of piperidine rings is 1. The molecule has 0 saturated carbocycles. The maximum atomic E-state index is 10.9. The fraction of sp³-hybridized carbons (Fsp3) is 0.550. The van der Waals surface area contributed by atoms with E-state index < -0.39 is 6.09 Å². The molecule has 26 heavy (non-hydrogen) atoms. The molecule has 1 aromatic carbocycles. The Balaban J connectivity index is 1.33. The molecule has 1 saturated heterocycles. The van der Waals surface area contributed by atoms with Crippen molar-refractivity contribution < 1.29 is 19.5 Å². The Hall–Kier alpha value is -2.05. The summed E-state index contributed by atoms with van der Waals surface area (Å²) < 4.78 is 5.76. The number of amides is 1. The van der Waals surface area contributed by atoms with Gasteiger partial charge in [0.25, 0.3) is 0 Å². The van der Waals surface area contributed by atoms with Crippen LogP contribution in [0.3, 0.4) is 0 Å². The second kappa shape index (κ2) is 9.05. The van der Waals surface area contributed by atoms with Gasteiger partial charge in [-0.15, -0.1) is 0 Å². The second-order valence-corrected chi connectivity index (χ2v) is 6.96. The van der Waals surface area contributed by atoms with Gasteiger partial charge in [0.15, 0.2) is 0 Å². The molecule has 142 valence electrons.